The van der Waals surface area contributed by atoms with Gasteiger partial charge in [0.2, 0.25) is 0 Å². The van der Waals surface area contributed by atoms with Gasteiger partial charge in [-0.1, -0.05) is 0 Å². The molecule has 0 bridgehead atoms. The van der Waals surface area contributed by atoms with Crippen LogP contribution in [0.3, 0.4) is 0 Å². The fourth-order valence-electron chi connectivity index (χ4n) is 1.55. The zero-order valence-corrected chi connectivity index (χ0v) is 8.01. The Balaban J connectivity index is 2.14. The molecule has 1 amide bonds. The van der Waals surface area contributed by atoms with E-state index in [4.69, 9.17) is 0 Å². The highest BCUT2D eigenvalue weighted by molar-refractivity contribution is 5.92. The molecule has 2 rings (SSSR count). The van der Waals surface area contributed by atoms with Crippen LogP contribution >= 0.6 is 0 Å². The number of rotatable bonds is 1. The number of aliphatic hydroxyl groups is 1. The highest BCUT2D eigenvalue weighted by Gasteiger charge is 2.26. The summed E-state index contributed by atoms with van der Waals surface area (Å²) in [6.45, 7) is 0.862. The molecule has 6 heteroatoms. The van der Waals surface area contributed by atoms with Gasteiger partial charge < -0.3 is 10.0 Å². The van der Waals surface area contributed by atoms with Gasteiger partial charge in [-0.2, -0.15) is 5.10 Å². The lowest BCUT2D eigenvalue weighted by Crippen LogP contribution is -2.31. The summed E-state index contributed by atoms with van der Waals surface area (Å²) < 4.78 is 0. The Kier molecular flexibility index (Phi) is 2.51. The fraction of sp³-hybridized carbons (Fsp3) is 0.444. The molecular weight excluding hydrogens is 198 g/mol. The molecule has 1 saturated heterocycles. The Morgan fingerprint density at radius 1 is 1.60 bits per heavy atom. The van der Waals surface area contributed by atoms with Gasteiger partial charge >= 0.3 is 0 Å². The van der Waals surface area contributed by atoms with Gasteiger partial charge in [0.05, 0.1) is 6.10 Å². The summed E-state index contributed by atoms with van der Waals surface area (Å²) in [5.74, 6) is -0.261. The third kappa shape index (κ3) is 2.04. The molecule has 1 aromatic heterocycles. The Morgan fingerprint density at radius 2 is 2.40 bits per heavy atom. The first-order valence-electron chi connectivity index (χ1n) is 4.70. The van der Waals surface area contributed by atoms with E-state index in [1.807, 2.05) is 0 Å². The van der Waals surface area contributed by atoms with Crippen molar-refractivity contribution in [2.75, 3.05) is 13.1 Å². The minimum Gasteiger partial charge on any atom is -0.391 e. The van der Waals surface area contributed by atoms with Crippen LogP contribution in [0.2, 0.25) is 0 Å². The zero-order chi connectivity index (χ0) is 10.8. The lowest BCUT2D eigenvalue weighted by atomic mass is 10.3. The Labute approximate surface area is 85.5 Å². The van der Waals surface area contributed by atoms with Crippen molar-refractivity contribution >= 4 is 5.91 Å². The van der Waals surface area contributed by atoms with E-state index in [0.717, 1.165) is 0 Å². The Hall–Kier alpha value is -1.69. The van der Waals surface area contributed by atoms with Gasteiger partial charge in [0.1, 0.15) is 5.69 Å². The standard InChI is InChI=1S/C9H11N3O3/c13-6-3-4-12(5-6)9(15)7-1-2-8(14)11-10-7/h1-2,6,13H,3-5H2,(H,11,14). The number of aliphatic hydroxyl groups excluding tert-OH is 1. The Bertz CT molecular complexity index is 408. The lowest BCUT2D eigenvalue weighted by Gasteiger charge is -2.13. The number of amides is 1. The molecule has 1 aromatic rings. The molecule has 1 fully saturated rings. The SMILES string of the molecule is O=C(c1ccc(=O)[nH]n1)N1CCC(O)C1. The number of H-pyrrole nitrogens is 1. The van der Waals surface area contributed by atoms with Gasteiger partial charge in [-0.15, -0.1) is 0 Å². The summed E-state index contributed by atoms with van der Waals surface area (Å²) in [7, 11) is 0. The minimum absolute atomic E-state index is 0.198. The van der Waals surface area contributed by atoms with E-state index in [1.165, 1.54) is 17.0 Å². The van der Waals surface area contributed by atoms with Crippen molar-refractivity contribution in [2.24, 2.45) is 0 Å². The molecule has 80 valence electrons. The molecule has 2 heterocycles. The van der Waals surface area contributed by atoms with Crippen molar-refractivity contribution in [3.8, 4) is 0 Å². The van der Waals surface area contributed by atoms with Crippen LogP contribution in [0.25, 0.3) is 0 Å². The van der Waals surface area contributed by atoms with E-state index in [0.29, 0.717) is 19.5 Å². The smallest absolute Gasteiger partial charge is 0.274 e. The number of β-amino-alcohol motifs (C(OH)–C–C–N with tert-alkyl or cyclic N) is 1. The fourth-order valence-corrected chi connectivity index (χ4v) is 1.55. The molecule has 0 aromatic carbocycles. The second-order valence-corrected chi connectivity index (χ2v) is 3.50. The minimum atomic E-state index is -0.447. The number of carbonyl (C=O) groups is 1. The summed E-state index contributed by atoms with van der Waals surface area (Å²) in [4.78, 5) is 24.0. The average molecular weight is 209 g/mol. The molecule has 1 atom stereocenters. The second-order valence-electron chi connectivity index (χ2n) is 3.50. The third-order valence-corrected chi connectivity index (χ3v) is 2.35. The van der Waals surface area contributed by atoms with Gasteiger partial charge in [-0.05, 0) is 12.5 Å². The number of aromatic nitrogens is 2. The number of likely N-dealkylation sites (tertiary alicyclic amines) is 1. The van der Waals surface area contributed by atoms with E-state index in [2.05, 4.69) is 10.2 Å². The van der Waals surface area contributed by atoms with Gasteiger partial charge in [-0.3, -0.25) is 9.59 Å². The monoisotopic (exact) mass is 209 g/mol. The van der Waals surface area contributed by atoms with Crippen molar-refractivity contribution in [3.05, 3.63) is 28.2 Å². The van der Waals surface area contributed by atoms with E-state index in [-0.39, 0.29) is 17.2 Å². The average Bonchev–Trinajstić information content (AvgIpc) is 2.65. The summed E-state index contributed by atoms with van der Waals surface area (Å²) in [6.07, 6.45) is 0.145. The van der Waals surface area contributed by atoms with Crippen LogP contribution in [0, 0.1) is 0 Å². The highest BCUT2D eigenvalue weighted by Crippen LogP contribution is 2.11. The van der Waals surface area contributed by atoms with Gasteiger partial charge in [0.25, 0.3) is 11.5 Å². The molecule has 1 aliphatic rings. The molecule has 1 unspecified atom stereocenters. The predicted molar refractivity (Wildman–Crippen MR) is 51.4 cm³/mol. The first kappa shape index (κ1) is 9.85. The van der Waals surface area contributed by atoms with Crippen LogP contribution in [0.1, 0.15) is 16.9 Å². The van der Waals surface area contributed by atoms with Crippen LogP contribution in [0.15, 0.2) is 16.9 Å². The zero-order valence-electron chi connectivity index (χ0n) is 8.01. The van der Waals surface area contributed by atoms with Crippen LogP contribution in [-0.2, 0) is 0 Å². The van der Waals surface area contributed by atoms with Crippen molar-refractivity contribution in [1.29, 1.82) is 0 Å². The predicted octanol–water partition coefficient (Wildman–Crippen LogP) is -1.02. The molecule has 0 spiro atoms. The maximum Gasteiger partial charge on any atom is 0.274 e. The van der Waals surface area contributed by atoms with Crippen molar-refractivity contribution in [1.82, 2.24) is 15.1 Å². The van der Waals surface area contributed by atoms with E-state index < -0.39 is 6.10 Å². The highest BCUT2D eigenvalue weighted by atomic mass is 16.3. The van der Waals surface area contributed by atoms with Crippen LogP contribution in [-0.4, -0.2) is 45.3 Å². The molecule has 0 saturated carbocycles. The van der Waals surface area contributed by atoms with E-state index in [1.54, 1.807) is 0 Å². The van der Waals surface area contributed by atoms with Gasteiger partial charge in [0.15, 0.2) is 0 Å². The van der Waals surface area contributed by atoms with Gasteiger partial charge in [-0.25, -0.2) is 5.10 Å². The third-order valence-electron chi connectivity index (χ3n) is 2.35. The van der Waals surface area contributed by atoms with E-state index >= 15 is 0 Å². The second kappa shape index (κ2) is 3.82. The normalized spacial score (nSPS) is 20.6. The number of hydrogen-bond acceptors (Lipinski definition) is 4. The quantitative estimate of drug-likeness (QED) is 0.619. The molecular formula is C9H11N3O3. The first-order chi connectivity index (χ1) is 7.16. The molecule has 6 nitrogen and oxygen atoms in total. The van der Waals surface area contributed by atoms with Crippen LogP contribution in [0.5, 0.6) is 0 Å². The molecule has 2 N–H and O–H groups in total. The molecule has 0 radical (unpaired) electrons. The summed E-state index contributed by atoms with van der Waals surface area (Å²) in [6, 6.07) is 2.64. The van der Waals surface area contributed by atoms with Gasteiger partial charge in [0, 0.05) is 19.2 Å². The number of nitrogens with zero attached hydrogens (tertiary/aromatic N) is 2. The van der Waals surface area contributed by atoms with E-state index in [9.17, 15) is 14.7 Å². The summed E-state index contributed by atoms with van der Waals surface area (Å²) >= 11 is 0. The molecule has 0 aliphatic carbocycles. The van der Waals surface area contributed by atoms with Crippen LogP contribution in [0.4, 0.5) is 0 Å². The number of hydrogen-bond donors (Lipinski definition) is 2. The Morgan fingerprint density at radius 3 is 2.93 bits per heavy atom. The van der Waals surface area contributed by atoms with Crippen molar-refractivity contribution in [3.63, 3.8) is 0 Å². The first-order valence-corrected chi connectivity index (χ1v) is 4.70. The van der Waals surface area contributed by atoms with Crippen molar-refractivity contribution in [2.45, 2.75) is 12.5 Å². The maximum atomic E-state index is 11.7. The summed E-state index contributed by atoms with van der Waals surface area (Å²) in [5.41, 5.74) is -0.142. The number of aromatic amines is 1. The number of nitrogens with one attached hydrogen (secondary N) is 1. The lowest BCUT2D eigenvalue weighted by molar-refractivity contribution is 0.0758. The van der Waals surface area contributed by atoms with Crippen molar-refractivity contribution < 1.29 is 9.90 Å². The molecule has 15 heavy (non-hydrogen) atoms. The topological polar surface area (TPSA) is 86.3 Å². The maximum absolute atomic E-state index is 11.7. The number of carbonyl (C=O) groups excluding carboxylic acids is 1. The molecule has 1 aliphatic heterocycles. The van der Waals surface area contributed by atoms with Crippen LogP contribution < -0.4 is 5.56 Å². The summed E-state index contributed by atoms with van der Waals surface area (Å²) in [5, 5.41) is 15.1. The largest absolute Gasteiger partial charge is 0.391 e.